The largest absolute Gasteiger partial charge is 0.493 e. The van der Waals surface area contributed by atoms with Crippen molar-refractivity contribution in [1.82, 2.24) is 0 Å². The lowest BCUT2D eigenvalue weighted by molar-refractivity contribution is -0.139. The number of hydrogen-bond acceptors (Lipinski definition) is 7. The number of esters is 1. The van der Waals surface area contributed by atoms with Crippen molar-refractivity contribution in [3.05, 3.63) is 80.9 Å². The summed E-state index contributed by atoms with van der Waals surface area (Å²) < 4.78 is 22.9. The molecule has 1 aliphatic heterocycles. The number of nitrogens with zero attached hydrogens (tertiary/aromatic N) is 1. The second-order valence-electron chi connectivity index (χ2n) is 7.22. The van der Waals surface area contributed by atoms with Crippen LogP contribution in [0, 0.1) is 11.3 Å². The molecule has 0 aromatic heterocycles. The smallest absolute Gasteiger partial charge is 0.338 e. The summed E-state index contributed by atoms with van der Waals surface area (Å²) in [5.41, 5.74) is 8.08. The highest BCUT2D eigenvalue weighted by molar-refractivity contribution is 9.10. The van der Waals surface area contributed by atoms with Gasteiger partial charge in [-0.3, -0.25) is 0 Å². The van der Waals surface area contributed by atoms with E-state index in [0.29, 0.717) is 28.1 Å². The van der Waals surface area contributed by atoms with Crippen molar-refractivity contribution in [2.24, 2.45) is 5.73 Å². The summed E-state index contributed by atoms with van der Waals surface area (Å²) in [5.74, 6) is -0.140. The lowest BCUT2D eigenvalue weighted by Crippen LogP contribution is -2.25. The van der Waals surface area contributed by atoms with Crippen LogP contribution < -0.4 is 15.2 Å². The number of hydrogen-bond donors (Lipinski definition) is 1. The molecule has 0 aliphatic carbocycles. The van der Waals surface area contributed by atoms with Crippen molar-refractivity contribution in [2.75, 3.05) is 20.3 Å². The number of benzene rings is 2. The molecule has 0 radical (unpaired) electrons. The molecule has 2 aromatic rings. The first-order chi connectivity index (χ1) is 15.9. The van der Waals surface area contributed by atoms with Crippen molar-refractivity contribution in [2.45, 2.75) is 26.2 Å². The first kappa shape index (κ1) is 24.2. The molecule has 1 heterocycles. The summed E-state index contributed by atoms with van der Waals surface area (Å²) in [4.78, 5) is 12.8. The molecular formula is C25H25BrN2O5. The normalized spacial score (nSPS) is 15.5. The maximum absolute atomic E-state index is 12.8. The van der Waals surface area contributed by atoms with E-state index < -0.39 is 11.9 Å². The third-order valence-electron chi connectivity index (χ3n) is 5.19. The second-order valence-corrected chi connectivity index (χ2v) is 8.08. The van der Waals surface area contributed by atoms with Gasteiger partial charge in [0.1, 0.15) is 17.4 Å². The summed E-state index contributed by atoms with van der Waals surface area (Å²) in [5, 5.41) is 9.79. The van der Waals surface area contributed by atoms with Gasteiger partial charge in [0.05, 0.1) is 31.8 Å². The Balaban J connectivity index is 1.98. The number of carbonyl (C=O) groups excluding carboxylic acids is 1. The zero-order valence-electron chi connectivity index (χ0n) is 18.7. The molecule has 172 valence electrons. The Morgan fingerprint density at radius 3 is 2.61 bits per heavy atom. The maximum atomic E-state index is 12.8. The van der Waals surface area contributed by atoms with Crippen LogP contribution in [0.15, 0.2) is 69.7 Å². The van der Waals surface area contributed by atoms with Gasteiger partial charge in [0.25, 0.3) is 0 Å². The first-order valence-corrected chi connectivity index (χ1v) is 11.2. The minimum absolute atomic E-state index is 0.0536. The average Bonchev–Trinajstić information content (AvgIpc) is 2.79. The van der Waals surface area contributed by atoms with Crippen LogP contribution in [-0.4, -0.2) is 26.3 Å². The molecule has 8 heteroatoms. The summed E-state index contributed by atoms with van der Waals surface area (Å²) >= 11 is 3.57. The molecule has 0 spiro atoms. The number of carbonyl (C=O) groups is 1. The third-order valence-corrected chi connectivity index (χ3v) is 5.87. The van der Waals surface area contributed by atoms with Crippen LogP contribution in [0.2, 0.25) is 0 Å². The fraction of sp³-hybridized carbons (Fsp3) is 0.280. The molecule has 1 unspecified atom stereocenters. The Morgan fingerprint density at radius 1 is 1.24 bits per heavy atom. The standard InChI is InChI=1S/C25H25BrN2O5/c1-4-31-25(29)22-15(2)33-24(28)18(14-27)23(22)17-12-20(30-3)21(13-19(17)26)32-11-10-16-8-6-5-7-9-16/h5-9,12-13,23H,4,10-11,28H2,1-3H3. The number of nitrogens with two attached hydrogens (primary N) is 1. The number of nitriles is 1. The highest BCUT2D eigenvalue weighted by atomic mass is 79.9. The molecule has 1 aliphatic rings. The molecule has 1 atom stereocenters. The predicted molar refractivity (Wildman–Crippen MR) is 126 cm³/mol. The van der Waals surface area contributed by atoms with Crippen LogP contribution in [0.25, 0.3) is 0 Å². The van der Waals surface area contributed by atoms with E-state index in [1.165, 1.54) is 7.11 Å². The van der Waals surface area contributed by atoms with E-state index in [1.807, 2.05) is 30.3 Å². The summed E-state index contributed by atoms with van der Waals surface area (Å²) in [6.07, 6.45) is 0.732. The molecule has 7 nitrogen and oxygen atoms in total. The van der Waals surface area contributed by atoms with Crippen LogP contribution in [0.5, 0.6) is 11.5 Å². The van der Waals surface area contributed by atoms with Gasteiger partial charge < -0.3 is 24.7 Å². The lowest BCUT2D eigenvalue weighted by Gasteiger charge is -2.28. The van der Waals surface area contributed by atoms with E-state index in [2.05, 4.69) is 22.0 Å². The Labute approximate surface area is 201 Å². The molecular weight excluding hydrogens is 488 g/mol. The number of ether oxygens (including phenoxy) is 4. The van der Waals surface area contributed by atoms with Gasteiger partial charge in [-0.2, -0.15) is 5.26 Å². The Morgan fingerprint density at radius 2 is 1.97 bits per heavy atom. The average molecular weight is 513 g/mol. The fourth-order valence-electron chi connectivity index (χ4n) is 3.63. The van der Waals surface area contributed by atoms with Crippen LogP contribution in [0.3, 0.4) is 0 Å². The molecule has 2 N–H and O–H groups in total. The van der Waals surface area contributed by atoms with E-state index in [9.17, 15) is 10.1 Å². The zero-order chi connectivity index (χ0) is 24.0. The minimum atomic E-state index is -0.788. The van der Waals surface area contributed by atoms with Crippen LogP contribution in [0.4, 0.5) is 0 Å². The molecule has 0 saturated heterocycles. The van der Waals surface area contributed by atoms with Crippen molar-refractivity contribution in [3.63, 3.8) is 0 Å². The van der Waals surface area contributed by atoms with E-state index in [4.69, 9.17) is 24.7 Å². The van der Waals surface area contributed by atoms with Gasteiger partial charge in [-0.05, 0) is 37.1 Å². The Hall–Kier alpha value is -3.44. The van der Waals surface area contributed by atoms with Crippen molar-refractivity contribution < 1.29 is 23.7 Å². The highest BCUT2D eigenvalue weighted by Gasteiger charge is 2.37. The molecule has 0 bridgehead atoms. The van der Waals surface area contributed by atoms with E-state index in [0.717, 1.165) is 12.0 Å². The lowest BCUT2D eigenvalue weighted by atomic mass is 9.83. The van der Waals surface area contributed by atoms with Gasteiger partial charge >= 0.3 is 5.97 Å². The molecule has 0 fully saturated rings. The van der Waals surface area contributed by atoms with E-state index in [-0.39, 0.29) is 29.4 Å². The number of rotatable bonds is 8. The summed E-state index contributed by atoms with van der Waals surface area (Å²) in [7, 11) is 1.53. The molecule has 2 aromatic carbocycles. The second kappa shape index (κ2) is 10.9. The Bertz CT molecular complexity index is 1140. The molecule has 3 rings (SSSR count). The maximum Gasteiger partial charge on any atom is 0.338 e. The van der Waals surface area contributed by atoms with Gasteiger partial charge in [-0.1, -0.05) is 46.3 Å². The van der Waals surface area contributed by atoms with E-state index >= 15 is 0 Å². The number of allylic oxidation sites excluding steroid dienone is 2. The number of methoxy groups -OCH3 is 1. The molecule has 0 amide bonds. The van der Waals surface area contributed by atoms with Crippen LogP contribution in [0.1, 0.15) is 30.9 Å². The van der Waals surface area contributed by atoms with Crippen molar-refractivity contribution in [1.29, 1.82) is 5.26 Å². The van der Waals surface area contributed by atoms with Gasteiger partial charge in [-0.15, -0.1) is 0 Å². The molecule has 33 heavy (non-hydrogen) atoms. The monoisotopic (exact) mass is 512 g/mol. The highest BCUT2D eigenvalue weighted by Crippen LogP contribution is 2.45. The summed E-state index contributed by atoms with van der Waals surface area (Å²) in [6.45, 7) is 3.96. The predicted octanol–water partition coefficient (Wildman–Crippen LogP) is 4.72. The van der Waals surface area contributed by atoms with Gasteiger partial charge in [0.2, 0.25) is 5.88 Å². The fourth-order valence-corrected chi connectivity index (χ4v) is 4.19. The van der Waals surface area contributed by atoms with Crippen LogP contribution >= 0.6 is 15.9 Å². The number of halogens is 1. The van der Waals surface area contributed by atoms with E-state index in [1.54, 1.807) is 26.0 Å². The van der Waals surface area contributed by atoms with Crippen LogP contribution in [-0.2, 0) is 20.7 Å². The van der Waals surface area contributed by atoms with Gasteiger partial charge in [0, 0.05) is 10.9 Å². The first-order valence-electron chi connectivity index (χ1n) is 10.4. The van der Waals surface area contributed by atoms with Crippen molar-refractivity contribution >= 4 is 21.9 Å². The van der Waals surface area contributed by atoms with Crippen molar-refractivity contribution in [3.8, 4) is 17.6 Å². The molecule has 0 saturated carbocycles. The van der Waals surface area contributed by atoms with Gasteiger partial charge in [0.15, 0.2) is 11.5 Å². The quantitative estimate of drug-likeness (QED) is 0.510. The summed E-state index contributed by atoms with van der Waals surface area (Å²) in [6, 6.07) is 15.6. The SMILES string of the molecule is CCOC(=O)C1=C(C)OC(N)=C(C#N)C1c1cc(OC)c(OCCc2ccccc2)cc1Br. The Kier molecular flexibility index (Phi) is 8.01. The third kappa shape index (κ3) is 5.32. The zero-order valence-corrected chi connectivity index (χ0v) is 20.3. The minimum Gasteiger partial charge on any atom is -0.493 e. The topological polar surface area (TPSA) is 104 Å². The van der Waals surface area contributed by atoms with Gasteiger partial charge in [-0.25, -0.2) is 4.79 Å².